The molecule has 1 atom stereocenters. The summed E-state index contributed by atoms with van der Waals surface area (Å²) in [5, 5.41) is 12.8. The van der Waals surface area contributed by atoms with Crippen molar-refractivity contribution in [2.45, 2.75) is 32.2 Å². The van der Waals surface area contributed by atoms with Gasteiger partial charge >= 0.3 is 0 Å². The number of carbonyl (C=O) groups excluding carboxylic acids is 1. The number of nitrogens with zero attached hydrogens (tertiary/aromatic N) is 4. The molecule has 0 spiro atoms. The molecule has 1 aromatic carbocycles. The van der Waals surface area contributed by atoms with Gasteiger partial charge in [0.2, 0.25) is 5.91 Å². The van der Waals surface area contributed by atoms with Gasteiger partial charge in [-0.15, -0.1) is 0 Å². The van der Waals surface area contributed by atoms with Crippen molar-refractivity contribution >= 4 is 16.7 Å². The molecule has 3 heterocycles. The smallest absolute Gasteiger partial charge is 0.275 e. The molecule has 1 aliphatic heterocycles. The number of piperidine rings is 1. The SMILES string of the molecule is Cc1nn(CC(=O)N2CCC[C@H](c3ccn[nH]3)C2)c(=O)c2ccccc12. The molecule has 0 aliphatic carbocycles. The molecule has 1 saturated heterocycles. The van der Waals surface area contributed by atoms with Gasteiger partial charge in [-0.2, -0.15) is 10.2 Å². The van der Waals surface area contributed by atoms with E-state index in [1.165, 1.54) is 4.68 Å². The highest BCUT2D eigenvalue weighted by Gasteiger charge is 2.26. The Hall–Kier alpha value is -2.96. The second-order valence-electron chi connectivity index (χ2n) is 6.78. The molecule has 7 heteroatoms. The Morgan fingerprint density at radius 3 is 2.85 bits per heavy atom. The van der Waals surface area contributed by atoms with Crippen molar-refractivity contribution < 1.29 is 4.79 Å². The Morgan fingerprint density at radius 2 is 2.08 bits per heavy atom. The molecule has 26 heavy (non-hydrogen) atoms. The van der Waals surface area contributed by atoms with E-state index < -0.39 is 0 Å². The molecule has 4 rings (SSSR count). The fourth-order valence-electron chi connectivity index (χ4n) is 3.69. The van der Waals surface area contributed by atoms with Crippen molar-refractivity contribution in [2.75, 3.05) is 13.1 Å². The minimum Gasteiger partial charge on any atom is -0.340 e. The summed E-state index contributed by atoms with van der Waals surface area (Å²) >= 11 is 0. The van der Waals surface area contributed by atoms with Gasteiger partial charge in [0.1, 0.15) is 6.54 Å². The zero-order chi connectivity index (χ0) is 18.1. The van der Waals surface area contributed by atoms with Crippen LogP contribution in [0.1, 0.15) is 30.1 Å². The van der Waals surface area contributed by atoms with E-state index in [-0.39, 0.29) is 23.9 Å². The van der Waals surface area contributed by atoms with E-state index in [1.807, 2.05) is 36.1 Å². The first kappa shape index (κ1) is 16.5. The summed E-state index contributed by atoms with van der Waals surface area (Å²) in [7, 11) is 0. The van der Waals surface area contributed by atoms with Crippen LogP contribution in [0.2, 0.25) is 0 Å². The lowest BCUT2D eigenvalue weighted by Gasteiger charge is -2.32. The van der Waals surface area contributed by atoms with Crippen LogP contribution in [0.4, 0.5) is 0 Å². The maximum atomic E-state index is 12.8. The summed E-state index contributed by atoms with van der Waals surface area (Å²) in [6, 6.07) is 9.33. The molecular formula is C19H21N5O2. The predicted molar refractivity (Wildman–Crippen MR) is 97.9 cm³/mol. The molecule has 1 N–H and O–H groups in total. The van der Waals surface area contributed by atoms with Crippen molar-refractivity contribution in [1.29, 1.82) is 0 Å². The number of carbonyl (C=O) groups is 1. The highest BCUT2D eigenvalue weighted by Crippen LogP contribution is 2.25. The number of aryl methyl sites for hydroxylation is 1. The third-order valence-corrected chi connectivity index (χ3v) is 5.07. The quantitative estimate of drug-likeness (QED) is 0.780. The highest BCUT2D eigenvalue weighted by molar-refractivity contribution is 5.83. The van der Waals surface area contributed by atoms with Crippen molar-refractivity contribution in [1.82, 2.24) is 24.9 Å². The van der Waals surface area contributed by atoms with Gasteiger partial charge in [-0.1, -0.05) is 18.2 Å². The van der Waals surface area contributed by atoms with Gasteiger partial charge < -0.3 is 4.90 Å². The van der Waals surface area contributed by atoms with Crippen LogP contribution in [0.15, 0.2) is 41.3 Å². The van der Waals surface area contributed by atoms with Gasteiger partial charge in [0.25, 0.3) is 5.56 Å². The van der Waals surface area contributed by atoms with Crippen LogP contribution >= 0.6 is 0 Å². The summed E-state index contributed by atoms with van der Waals surface area (Å²) in [5.74, 6) is 0.191. The normalized spacial score (nSPS) is 17.6. The van der Waals surface area contributed by atoms with Crippen LogP contribution in [0.25, 0.3) is 10.8 Å². The van der Waals surface area contributed by atoms with Crippen LogP contribution in [-0.4, -0.2) is 43.9 Å². The molecular weight excluding hydrogens is 330 g/mol. The number of rotatable bonds is 3. The van der Waals surface area contributed by atoms with Crippen molar-refractivity contribution in [3.05, 3.63) is 58.3 Å². The van der Waals surface area contributed by atoms with Gasteiger partial charge in [0.05, 0.1) is 11.1 Å². The average molecular weight is 351 g/mol. The van der Waals surface area contributed by atoms with Gasteiger partial charge in [0, 0.05) is 36.3 Å². The zero-order valence-corrected chi connectivity index (χ0v) is 14.7. The molecule has 1 fully saturated rings. The number of nitrogens with one attached hydrogen (secondary N) is 1. The fraction of sp³-hybridized carbons (Fsp3) is 0.368. The largest absolute Gasteiger partial charge is 0.340 e. The number of fused-ring (bicyclic) bond motifs is 1. The summed E-state index contributed by atoms with van der Waals surface area (Å²) < 4.78 is 1.29. The number of H-pyrrole nitrogens is 1. The van der Waals surface area contributed by atoms with Gasteiger partial charge in [-0.25, -0.2) is 4.68 Å². The van der Waals surface area contributed by atoms with Crippen LogP contribution in [0.5, 0.6) is 0 Å². The van der Waals surface area contributed by atoms with Crippen molar-refractivity contribution in [2.24, 2.45) is 0 Å². The lowest BCUT2D eigenvalue weighted by molar-refractivity contribution is -0.133. The summed E-state index contributed by atoms with van der Waals surface area (Å²) in [4.78, 5) is 27.3. The standard InChI is InChI=1S/C19H21N5O2/c1-13-15-6-2-3-7-16(15)19(26)24(22-13)12-18(25)23-10-4-5-14(11-23)17-8-9-20-21-17/h2-3,6-9,14H,4-5,10-12H2,1H3,(H,20,21)/t14-/m0/s1. The summed E-state index contributed by atoms with van der Waals surface area (Å²) in [6.45, 7) is 3.19. The monoisotopic (exact) mass is 351 g/mol. The Kier molecular flexibility index (Phi) is 4.28. The lowest BCUT2D eigenvalue weighted by Crippen LogP contribution is -2.42. The van der Waals surface area contributed by atoms with E-state index in [0.29, 0.717) is 18.5 Å². The van der Waals surface area contributed by atoms with E-state index in [9.17, 15) is 9.59 Å². The third-order valence-electron chi connectivity index (χ3n) is 5.07. The molecule has 3 aromatic rings. The van der Waals surface area contributed by atoms with Gasteiger partial charge in [-0.3, -0.25) is 14.7 Å². The van der Waals surface area contributed by atoms with E-state index in [0.717, 1.165) is 29.6 Å². The van der Waals surface area contributed by atoms with Crippen LogP contribution < -0.4 is 5.56 Å². The van der Waals surface area contributed by atoms with Crippen molar-refractivity contribution in [3.63, 3.8) is 0 Å². The first-order chi connectivity index (χ1) is 12.6. The molecule has 1 amide bonds. The van der Waals surface area contributed by atoms with E-state index in [2.05, 4.69) is 15.3 Å². The van der Waals surface area contributed by atoms with E-state index in [1.54, 1.807) is 12.3 Å². The maximum absolute atomic E-state index is 12.8. The first-order valence-electron chi connectivity index (χ1n) is 8.87. The molecule has 134 valence electrons. The number of aromatic amines is 1. The zero-order valence-electron chi connectivity index (χ0n) is 14.7. The topological polar surface area (TPSA) is 83.9 Å². The molecule has 0 saturated carbocycles. The Morgan fingerprint density at radius 1 is 1.27 bits per heavy atom. The van der Waals surface area contributed by atoms with Crippen LogP contribution in [0, 0.1) is 6.92 Å². The number of hydrogen-bond donors (Lipinski definition) is 1. The van der Waals surface area contributed by atoms with E-state index in [4.69, 9.17) is 0 Å². The Balaban J connectivity index is 1.56. The minimum atomic E-state index is -0.221. The molecule has 0 bridgehead atoms. The molecule has 0 unspecified atom stereocenters. The molecule has 0 radical (unpaired) electrons. The number of hydrogen-bond acceptors (Lipinski definition) is 4. The Labute approximate surface area is 150 Å². The number of aromatic nitrogens is 4. The third kappa shape index (κ3) is 3.00. The summed E-state index contributed by atoms with van der Waals surface area (Å²) in [6.07, 6.45) is 3.70. The molecule has 2 aromatic heterocycles. The van der Waals surface area contributed by atoms with Crippen molar-refractivity contribution in [3.8, 4) is 0 Å². The molecule has 1 aliphatic rings. The number of benzene rings is 1. The fourth-order valence-corrected chi connectivity index (χ4v) is 3.69. The Bertz CT molecular complexity index is 993. The maximum Gasteiger partial charge on any atom is 0.275 e. The first-order valence-corrected chi connectivity index (χ1v) is 8.87. The van der Waals surface area contributed by atoms with Gasteiger partial charge in [-0.05, 0) is 31.9 Å². The van der Waals surface area contributed by atoms with Gasteiger partial charge in [0.15, 0.2) is 0 Å². The average Bonchev–Trinajstić information content (AvgIpc) is 3.21. The summed E-state index contributed by atoms with van der Waals surface area (Å²) in [5.41, 5.74) is 1.59. The second-order valence-corrected chi connectivity index (χ2v) is 6.78. The number of likely N-dealkylation sites (tertiary alicyclic amines) is 1. The molecule has 7 nitrogen and oxygen atoms in total. The second kappa shape index (κ2) is 6.74. The predicted octanol–water partition coefficient (Wildman–Crippen LogP) is 1.83. The highest BCUT2D eigenvalue weighted by atomic mass is 16.2. The van der Waals surface area contributed by atoms with Crippen LogP contribution in [0.3, 0.4) is 0 Å². The van der Waals surface area contributed by atoms with Crippen LogP contribution in [-0.2, 0) is 11.3 Å². The lowest BCUT2D eigenvalue weighted by atomic mass is 9.95. The minimum absolute atomic E-state index is 0.0276. The van der Waals surface area contributed by atoms with E-state index >= 15 is 0 Å². The number of amides is 1.